The fraction of sp³-hybridized carbons (Fsp3) is 0.133. The molecule has 0 fully saturated rings. The summed E-state index contributed by atoms with van der Waals surface area (Å²) in [5.41, 5.74) is 1.47. The summed E-state index contributed by atoms with van der Waals surface area (Å²) >= 11 is 0. The summed E-state index contributed by atoms with van der Waals surface area (Å²) < 4.78 is 0. The van der Waals surface area contributed by atoms with E-state index >= 15 is 0 Å². The first-order valence-corrected chi connectivity index (χ1v) is 6.05. The normalized spacial score (nSPS) is 12.2. The molecule has 0 saturated carbocycles. The van der Waals surface area contributed by atoms with Gasteiger partial charge < -0.3 is 5.21 Å². The SMILES string of the molecule is CN(O)C(C#Cc1cccnc1)N=Nc1ccccc1. The zero-order valence-corrected chi connectivity index (χ0v) is 11.0. The molecule has 1 aromatic carbocycles. The van der Waals surface area contributed by atoms with Gasteiger partial charge in [-0.2, -0.15) is 15.3 Å². The Morgan fingerprint density at radius 2 is 2.00 bits per heavy atom. The summed E-state index contributed by atoms with van der Waals surface area (Å²) in [7, 11) is 1.48. The summed E-state index contributed by atoms with van der Waals surface area (Å²) in [6.07, 6.45) is 2.60. The van der Waals surface area contributed by atoms with Crippen LogP contribution in [0.5, 0.6) is 0 Å². The van der Waals surface area contributed by atoms with Gasteiger partial charge in [0, 0.05) is 25.0 Å². The van der Waals surface area contributed by atoms with Crippen LogP contribution in [0.25, 0.3) is 0 Å². The van der Waals surface area contributed by atoms with Gasteiger partial charge in [-0.3, -0.25) is 4.98 Å². The molecule has 0 saturated heterocycles. The van der Waals surface area contributed by atoms with Crippen molar-refractivity contribution in [1.82, 2.24) is 10.0 Å². The lowest BCUT2D eigenvalue weighted by atomic mass is 10.3. The molecule has 1 atom stereocenters. The largest absolute Gasteiger partial charge is 0.311 e. The summed E-state index contributed by atoms with van der Waals surface area (Å²) in [5, 5.41) is 18.5. The van der Waals surface area contributed by atoms with Crippen LogP contribution < -0.4 is 0 Å². The second kappa shape index (κ2) is 7.14. The van der Waals surface area contributed by atoms with Gasteiger partial charge in [0.25, 0.3) is 0 Å². The number of rotatable bonds is 3. The van der Waals surface area contributed by atoms with Crippen molar-refractivity contribution in [3.63, 3.8) is 0 Å². The third-order valence-corrected chi connectivity index (χ3v) is 2.40. The van der Waals surface area contributed by atoms with E-state index in [0.717, 1.165) is 10.6 Å². The number of hydrogen-bond donors (Lipinski definition) is 1. The molecule has 5 nitrogen and oxygen atoms in total. The molecule has 100 valence electrons. The van der Waals surface area contributed by atoms with Gasteiger partial charge in [0.15, 0.2) is 0 Å². The standard InChI is InChI=1S/C15H14N4O/c1-19(20)15(10-9-13-6-5-11-16-12-13)18-17-14-7-3-2-4-8-14/h2-8,11-12,15,20H,1H3. The third-order valence-electron chi connectivity index (χ3n) is 2.40. The molecular formula is C15H14N4O. The molecule has 1 heterocycles. The molecular weight excluding hydrogens is 252 g/mol. The van der Waals surface area contributed by atoms with Crippen molar-refractivity contribution in [2.24, 2.45) is 10.2 Å². The predicted molar refractivity (Wildman–Crippen MR) is 75.4 cm³/mol. The molecule has 0 bridgehead atoms. The highest BCUT2D eigenvalue weighted by Crippen LogP contribution is 2.11. The van der Waals surface area contributed by atoms with Crippen LogP contribution in [0.3, 0.4) is 0 Å². The Bertz CT molecular complexity index is 615. The quantitative estimate of drug-likeness (QED) is 0.528. The Balaban J connectivity index is 2.13. The number of hydrogen-bond acceptors (Lipinski definition) is 5. The molecule has 1 N–H and O–H groups in total. The van der Waals surface area contributed by atoms with Gasteiger partial charge in [-0.1, -0.05) is 30.0 Å². The number of hydroxylamine groups is 2. The summed E-state index contributed by atoms with van der Waals surface area (Å²) in [5.74, 6) is 5.73. The lowest BCUT2D eigenvalue weighted by Crippen LogP contribution is -2.24. The number of benzene rings is 1. The third kappa shape index (κ3) is 4.28. The summed E-state index contributed by atoms with van der Waals surface area (Å²) in [6.45, 7) is 0. The Morgan fingerprint density at radius 1 is 1.20 bits per heavy atom. The van der Waals surface area contributed by atoms with Crippen LogP contribution >= 0.6 is 0 Å². The minimum absolute atomic E-state index is 0.711. The number of azo groups is 1. The molecule has 5 heteroatoms. The molecule has 1 aromatic heterocycles. The fourth-order valence-corrected chi connectivity index (χ4v) is 1.40. The van der Waals surface area contributed by atoms with Gasteiger partial charge in [0.1, 0.15) is 0 Å². The van der Waals surface area contributed by atoms with Gasteiger partial charge in [-0.25, -0.2) is 0 Å². The molecule has 0 aliphatic heterocycles. The maximum absolute atomic E-state index is 9.53. The molecule has 0 aliphatic carbocycles. The second-order valence-electron chi connectivity index (χ2n) is 4.01. The van der Waals surface area contributed by atoms with Crippen LogP contribution in [0, 0.1) is 11.8 Å². The van der Waals surface area contributed by atoms with E-state index in [-0.39, 0.29) is 0 Å². The van der Waals surface area contributed by atoms with E-state index in [1.165, 1.54) is 7.05 Å². The molecule has 0 spiro atoms. The second-order valence-corrected chi connectivity index (χ2v) is 4.01. The van der Waals surface area contributed by atoms with Gasteiger partial charge in [-0.15, -0.1) is 0 Å². The molecule has 2 rings (SSSR count). The van der Waals surface area contributed by atoms with E-state index < -0.39 is 6.17 Å². The first-order valence-electron chi connectivity index (χ1n) is 6.05. The van der Waals surface area contributed by atoms with Gasteiger partial charge in [0.05, 0.1) is 5.69 Å². The van der Waals surface area contributed by atoms with Crippen LogP contribution in [0.4, 0.5) is 5.69 Å². The van der Waals surface area contributed by atoms with E-state index in [2.05, 4.69) is 27.1 Å². The van der Waals surface area contributed by atoms with Crippen LogP contribution in [0.2, 0.25) is 0 Å². The maximum atomic E-state index is 9.53. The van der Waals surface area contributed by atoms with Crippen molar-refractivity contribution in [2.75, 3.05) is 7.05 Å². The van der Waals surface area contributed by atoms with E-state index in [0.29, 0.717) is 5.69 Å². The highest BCUT2D eigenvalue weighted by molar-refractivity contribution is 5.35. The molecule has 0 amide bonds. The van der Waals surface area contributed by atoms with Crippen molar-refractivity contribution < 1.29 is 5.21 Å². The van der Waals surface area contributed by atoms with Crippen LogP contribution in [-0.2, 0) is 0 Å². The lowest BCUT2D eigenvalue weighted by molar-refractivity contribution is -0.0842. The molecule has 2 aromatic rings. The van der Waals surface area contributed by atoms with Gasteiger partial charge in [0.2, 0.25) is 6.17 Å². The molecule has 20 heavy (non-hydrogen) atoms. The predicted octanol–water partition coefficient (Wildman–Crippen LogP) is 2.86. The molecule has 1 unspecified atom stereocenters. The average Bonchev–Trinajstić information content (AvgIpc) is 2.49. The number of aromatic nitrogens is 1. The minimum Gasteiger partial charge on any atom is -0.311 e. The fourth-order valence-electron chi connectivity index (χ4n) is 1.40. The van der Waals surface area contributed by atoms with Crippen molar-refractivity contribution in [1.29, 1.82) is 0 Å². The summed E-state index contributed by atoms with van der Waals surface area (Å²) in [6, 6.07) is 12.9. The Hall–Kier alpha value is -2.55. The summed E-state index contributed by atoms with van der Waals surface area (Å²) in [4.78, 5) is 3.97. The molecule has 0 aliphatic rings. The average molecular weight is 266 g/mol. The van der Waals surface area contributed by atoms with Crippen molar-refractivity contribution >= 4 is 5.69 Å². The van der Waals surface area contributed by atoms with Crippen LogP contribution in [0.1, 0.15) is 5.56 Å². The highest BCUT2D eigenvalue weighted by Gasteiger charge is 2.07. The zero-order valence-electron chi connectivity index (χ0n) is 11.0. The van der Waals surface area contributed by atoms with E-state index in [9.17, 15) is 5.21 Å². The molecule has 0 radical (unpaired) electrons. The first kappa shape index (κ1) is 13.9. The number of nitrogens with zero attached hydrogens (tertiary/aromatic N) is 4. The Labute approximate surface area is 117 Å². The Kier molecular flexibility index (Phi) is 4.95. The lowest BCUT2D eigenvalue weighted by Gasteiger charge is -2.10. The van der Waals surface area contributed by atoms with Gasteiger partial charge in [-0.05, 0) is 24.3 Å². The maximum Gasteiger partial charge on any atom is 0.206 e. The highest BCUT2D eigenvalue weighted by atomic mass is 16.5. The van der Waals surface area contributed by atoms with E-state index in [4.69, 9.17) is 0 Å². The zero-order chi connectivity index (χ0) is 14.2. The van der Waals surface area contributed by atoms with Gasteiger partial charge >= 0.3 is 0 Å². The first-order chi connectivity index (χ1) is 9.75. The van der Waals surface area contributed by atoms with E-state index in [1.54, 1.807) is 18.5 Å². The smallest absolute Gasteiger partial charge is 0.206 e. The minimum atomic E-state index is -0.726. The van der Waals surface area contributed by atoms with Crippen LogP contribution in [0.15, 0.2) is 65.1 Å². The topological polar surface area (TPSA) is 61.1 Å². The van der Waals surface area contributed by atoms with Crippen molar-refractivity contribution in [3.05, 3.63) is 60.4 Å². The monoisotopic (exact) mass is 266 g/mol. The van der Waals surface area contributed by atoms with Crippen molar-refractivity contribution in [3.8, 4) is 11.8 Å². The van der Waals surface area contributed by atoms with Crippen molar-refractivity contribution in [2.45, 2.75) is 6.17 Å². The van der Waals surface area contributed by atoms with Crippen LogP contribution in [-0.4, -0.2) is 28.5 Å². The number of pyridine rings is 1. The Morgan fingerprint density at radius 3 is 2.65 bits per heavy atom. The van der Waals surface area contributed by atoms with E-state index in [1.807, 2.05) is 36.4 Å².